The third-order valence-corrected chi connectivity index (χ3v) is 3.86. The number of carbonyl (C=O) groups is 1. The molecule has 1 aliphatic carbocycles. The van der Waals surface area contributed by atoms with Gasteiger partial charge >= 0.3 is 0 Å². The summed E-state index contributed by atoms with van der Waals surface area (Å²) >= 11 is 3.42. The Morgan fingerprint density at radius 2 is 1.75 bits per heavy atom. The first kappa shape index (κ1) is 14.0. The van der Waals surface area contributed by atoms with Crippen LogP contribution in [0.2, 0.25) is 0 Å². The monoisotopic (exact) mass is 289 g/mol. The van der Waals surface area contributed by atoms with Crippen LogP contribution in [0.15, 0.2) is 0 Å². The van der Waals surface area contributed by atoms with E-state index in [4.69, 9.17) is 0 Å². The van der Waals surface area contributed by atoms with Gasteiger partial charge in [0.15, 0.2) is 0 Å². The maximum absolute atomic E-state index is 12.3. The summed E-state index contributed by atoms with van der Waals surface area (Å²) in [4.78, 5) is 14.3. The largest absolute Gasteiger partial charge is 0.342 e. The van der Waals surface area contributed by atoms with Crippen molar-refractivity contribution >= 4 is 21.8 Å². The molecule has 1 rings (SSSR count). The molecule has 0 aliphatic heterocycles. The molecule has 1 saturated carbocycles. The molecular formula is C13H24BrNO. The van der Waals surface area contributed by atoms with Gasteiger partial charge in [0.25, 0.3) is 0 Å². The van der Waals surface area contributed by atoms with Gasteiger partial charge in [0.1, 0.15) is 0 Å². The highest BCUT2D eigenvalue weighted by Gasteiger charge is 2.23. The van der Waals surface area contributed by atoms with Crippen LogP contribution in [-0.4, -0.2) is 29.2 Å². The molecule has 0 atom stereocenters. The molecule has 0 bridgehead atoms. The summed E-state index contributed by atoms with van der Waals surface area (Å²) in [5.41, 5.74) is 0. The maximum Gasteiger partial charge on any atom is 0.225 e. The van der Waals surface area contributed by atoms with Crippen LogP contribution in [0.1, 0.15) is 51.9 Å². The van der Waals surface area contributed by atoms with Crippen LogP contribution in [0.25, 0.3) is 0 Å². The first-order valence-electron chi connectivity index (χ1n) is 6.64. The number of amides is 1. The van der Waals surface area contributed by atoms with Gasteiger partial charge in [-0.2, -0.15) is 0 Å². The quantitative estimate of drug-likeness (QED) is 0.725. The Morgan fingerprint density at radius 1 is 1.19 bits per heavy atom. The third-order valence-electron chi connectivity index (χ3n) is 3.50. The van der Waals surface area contributed by atoms with Gasteiger partial charge in [0, 0.05) is 24.3 Å². The van der Waals surface area contributed by atoms with E-state index in [0.717, 1.165) is 31.3 Å². The highest BCUT2D eigenvalue weighted by molar-refractivity contribution is 9.09. The van der Waals surface area contributed by atoms with Crippen LogP contribution >= 0.6 is 15.9 Å². The molecule has 0 radical (unpaired) electrons. The molecule has 1 aliphatic rings. The summed E-state index contributed by atoms with van der Waals surface area (Å²) in [5, 5.41) is 0.888. The predicted molar refractivity (Wildman–Crippen MR) is 71.9 cm³/mol. The zero-order chi connectivity index (χ0) is 11.8. The topological polar surface area (TPSA) is 20.3 Å². The van der Waals surface area contributed by atoms with Crippen molar-refractivity contribution in [2.75, 3.05) is 18.4 Å². The van der Waals surface area contributed by atoms with Crippen LogP contribution in [0.4, 0.5) is 0 Å². The van der Waals surface area contributed by atoms with E-state index in [1.165, 1.54) is 32.1 Å². The van der Waals surface area contributed by atoms with Gasteiger partial charge in [-0.1, -0.05) is 48.0 Å². The first-order valence-corrected chi connectivity index (χ1v) is 7.76. The maximum atomic E-state index is 12.3. The molecule has 0 aromatic rings. The van der Waals surface area contributed by atoms with E-state index < -0.39 is 0 Å². The van der Waals surface area contributed by atoms with Crippen molar-refractivity contribution in [1.82, 2.24) is 4.90 Å². The fourth-order valence-corrected chi connectivity index (χ4v) is 2.92. The van der Waals surface area contributed by atoms with Crippen LogP contribution in [0.5, 0.6) is 0 Å². The van der Waals surface area contributed by atoms with Gasteiger partial charge in [-0.05, 0) is 19.8 Å². The fourth-order valence-electron chi connectivity index (χ4n) is 2.49. The van der Waals surface area contributed by atoms with Crippen molar-refractivity contribution in [2.24, 2.45) is 5.92 Å². The molecule has 0 unspecified atom stereocenters. The lowest BCUT2D eigenvalue weighted by atomic mass is 9.90. The zero-order valence-electron chi connectivity index (χ0n) is 10.4. The third kappa shape index (κ3) is 4.44. The van der Waals surface area contributed by atoms with E-state index in [2.05, 4.69) is 22.9 Å². The summed E-state index contributed by atoms with van der Waals surface area (Å²) in [6, 6.07) is 0. The normalized spacial score (nSPS) is 18.9. The number of carbonyl (C=O) groups excluding carboxylic acids is 1. The average Bonchev–Trinajstić information content (AvgIpc) is 2.24. The van der Waals surface area contributed by atoms with Gasteiger partial charge in [-0.3, -0.25) is 4.79 Å². The van der Waals surface area contributed by atoms with E-state index in [1.54, 1.807) is 0 Å². The zero-order valence-corrected chi connectivity index (χ0v) is 12.0. The van der Waals surface area contributed by atoms with Crippen molar-refractivity contribution in [1.29, 1.82) is 0 Å². The van der Waals surface area contributed by atoms with E-state index in [1.807, 2.05) is 4.90 Å². The van der Waals surface area contributed by atoms with Crippen LogP contribution < -0.4 is 0 Å². The van der Waals surface area contributed by atoms with Crippen molar-refractivity contribution < 1.29 is 4.79 Å². The van der Waals surface area contributed by atoms with E-state index in [-0.39, 0.29) is 0 Å². The Bertz CT molecular complexity index is 200. The molecular weight excluding hydrogens is 266 g/mol. The lowest BCUT2D eigenvalue weighted by Gasteiger charge is -2.26. The first-order chi connectivity index (χ1) is 7.79. The smallest absolute Gasteiger partial charge is 0.225 e. The molecule has 2 nitrogen and oxygen atoms in total. The Labute approximate surface area is 108 Å². The lowest BCUT2D eigenvalue weighted by molar-refractivity contribution is -0.135. The molecule has 16 heavy (non-hydrogen) atoms. The van der Waals surface area contributed by atoms with E-state index >= 15 is 0 Å². The predicted octanol–water partition coefficient (Wildman–Crippen LogP) is 3.59. The van der Waals surface area contributed by atoms with Gasteiger partial charge < -0.3 is 4.90 Å². The SMILES string of the molecule is CCN(CCBr)C(=O)C1CCCCCCC1. The fraction of sp³-hybridized carbons (Fsp3) is 0.923. The molecule has 0 saturated heterocycles. The molecule has 94 valence electrons. The lowest BCUT2D eigenvalue weighted by Crippen LogP contribution is -2.37. The highest BCUT2D eigenvalue weighted by atomic mass is 79.9. The van der Waals surface area contributed by atoms with Crippen molar-refractivity contribution in [2.45, 2.75) is 51.9 Å². The number of rotatable bonds is 4. The standard InChI is InChI=1S/C13H24BrNO/c1-2-15(11-10-14)13(16)12-8-6-4-3-5-7-9-12/h12H,2-11H2,1H3. The van der Waals surface area contributed by atoms with E-state index in [0.29, 0.717) is 11.8 Å². The Morgan fingerprint density at radius 3 is 2.25 bits per heavy atom. The number of nitrogens with zero attached hydrogens (tertiary/aromatic N) is 1. The Balaban J connectivity index is 2.47. The number of halogens is 1. The molecule has 1 fully saturated rings. The van der Waals surface area contributed by atoms with Gasteiger partial charge in [-0.25, -0.2) is 0 Å². The minimum absolute atomic E-state index is 0.305. The van der Waals surface area contributed by atoms with Crippen molar-refractivity contribution in [3.63, 3.8) is 0 Å². The highest BCUT2D eigenvalue weighted by Crippen LogP contribution is 2.24. The van der Waals surface area contributed by atoms with Gasteiger partial charge in [-0.15, -0.1) is 0 Å². The summed E-state index contributed by atoms with van der Waals surface area (Å²) < 4.78 is 0. The van der Waals surface area contributed by atoms with Gasteiger partial charge in [0.2, 0.25) is 5.91 Å². The molecule has 0 aromatic heterocycles. The van der Waals surface area contributed by atoms with Gasteiger partial charge in [0.05, 0.1) is 0 Å². The number of hydrogen-bond acceptors (Lipinski definition) is 1. The van der Waals surface area contributed by atoms with Crippen LogP contribution in [0, 0.1) is 5.92 Å². The summed E-state index contributed by atoms with van der Waals surface area (Å²) in [6.45, 7) is 3.77. The molecule has 0 spiro atoms. The van der Waals surface area contributed by atoms with Crippen molar-refractivity contribution in [3.05, 3.63) is 0 Å². The molecule has 1 amide bonds. The van der Waals surface area contributed by atoms with Crippen LogP contribution in [-0.2, 0) is 4.79 Å². The summed E-state index contributed by atoms with van der Waals surface area (Å²) in [6.07, 6.45) is 8.68. The molecule has 0 heterocycles. The van der Waals surface area contributed by atoms with Crippen molar-refractivity contribution in [3.8, 4) is 0 Å². The molecule has 0 N–H and O–H groups in total. The summed E-state index contributed by atoms with van der Waals surface area (Å²) in [7, 11) is 0. The Kier molecular flexibility index (Phi) is 7.10. The average molecular weight is 290 g/mol. The molecule has 0 aromatic carbocycles. The summed E-state index contributed by atoms with van der Waals surface area (Å²) in [5.74, 6) is 0.697. The second-order valence-electron chi connectivity index (χ2n) is 4.65. The minimum Gasteiger partial charge on any atom is -0.342 e. The number of hydrogen-bond donors (Lipinski definition) is 0. The van der Waals surface area contributed by atoms with Crippen LogP contribution in [0.3, 0.4) is 0 Å². The van der Waals surface area contributed by atoms with E-state index in [9.17, 15) is 4.79 Å². The molecule has 3 heteroatoms. The second kappa shape index (κ2) is 8.10. The minimum atomic E-state index is 0.305. The Hall–Kier alpha value is -0.0500. The second-order valence-corrected chi connectivity index (χ2v) is 5.44. The number of alkyl halides is 1.